The highest BCUT2D eigenvalue weighted by atomic mass is 16.9. The number of aliphatic hydroxyl groups is 3. The predicted molar refractivity (Wildman–Crippen MR) is 55.5 cm³/mol. The predicted octanol–water partition coefficient (Wildman–Crippen LogP) is -3.06. The SMILES string of the molecule is O=C(COC(O)(O)O)NCC1CNCCOC1. The molecule has 0 aromatic heterocycles. The molecule has 1 aliphatic heterocycles. The van der Waals surface area contributed by atoms with Gasteiger partial charge in [0, 0.05) is 25.6 Å². The maximum Gasteiger partial charge on any atom is 0.405 e. The van der Waals surface area contributed by atoms with Gasteiger partial charge in [-0.15, -0.1) is 0 Å². The Bertz CT molecular complexity index is 234. The van der Waals surface area contributed by atoms with Crippen LogP contribution in [0.15, 0.2) is 0 Å². The van der Waals surface area contributed by atoms with E-state index in [1.54, 1.807) is 0 Å². The largest absolute Gasteiger partial charge is 0.405 e. The second-order valence-corrected chi connectivity index (χ2v) is 3.81. The van der Waals surface area contributed by atoms with Crippen LogP contribution in [0.3, 0.4) is 0 Å². The topological polar surface area (TPSA) is 120 Å². The number of hydrogen-bond donors (Lipinski definition) is 5. The summed E-state index contributed by atoms with van der Waals surface area (Å²) in [4.78, 5) is 11.2. The first kappa shape index (κ1) is 14.3. The van der Waals surface area contributed by atoms with Crippen LogP contribution in [0.25, 0.3) is 0 Å². The van der Waals surface area contributed by atoms with Crippen molar-refractivity contribution in [1.82, 2.24) is 10.6 Å². The highest BCUT2D eigenvalue weighted by molar-refractivity contribution is 5.77. The molecule has 0 aromatic carbocycles. The maximum atomic E-state index is 11.2. The lowest BCUT2D eigenvalue weighted by Crippen LogP contribution is -2.40. The molecule has 1 aliphatic rings. The van der Waals surface area contributed by atoms with Gasteiger partial charge in [0.25, 0.3) is 0 Å². The molecular weight excluding hydrogens is 232 g/mol. The molecule has 0 aliphatic carbocycles. The molecule has 1 heterocycles. The molecule has 1 fully saturated rings. The highest BCUT2D eigenvalue weighted by Gasteiger charge is 2.21. The van der Waals surface area contributed by atoms with Crippen molar-refractivity contribution in [3.05, 3.63) is 0 Å². The van der Waals surface area contributed by atoms with Crippen molar-refractivity contribution in [2.24, 2.45) is 5.92 Å². The molecule has 1 amide bonds. The Kier molecular flexibility index (Phi) is 5.75. The average molecular weight is 250 g/mol. The average Bonchev–Trinajstić information content (AvgIpc) is 2.51. The number of hydrogen-bond acceptors (Lipinski definition) is 7. The van der Waals surface area contributed by atoms with E-state index in [2.05, 4.69) is 15.4 Å². The van der Waals surface area contributed by atoms with Gasteiger partial charge in [-0.1, -0.05) is 0 Å². The van der Waals surface area contributed by atoms with Gasteiger partial charge in [0.1, 0.15) is 6.61 Å². The first-order valence-electron chi connectivity index (χ1n) is 5.33. The fourth-order valence-electron chi connectivity index (χ4n) is 1.36. The van der Waals surface area contributed by atoms with Crippen molar-refractivity contribution in [3.8, 4) is 0 Å². The van der Waals surface area contributed by atoms with Gasteiger partial charge in [-0.3, -0.25) is 9.53 Å². The Hall–Kier alpha value is -0.770. The maximum absolute atomic E-state index is 11.2. The van der Waals surface area contributed by atoms with Gasteiger partial charge in [-0.2, -0.15) is 0 Å². The molecule has 5 N–H and O–H groups in total. The zero-order valence-corrected chi connectivity index (χ0v) is 9.39. The molecule has 1 saturated heterocycles. The van der Waals surface area contributed by atoms with Crippen molar-refractivity contribution in [3.63, 3.8) is 0 Å². The summed E-state index contributed by atoms with van der Waals surface area (Å²) in [5.41, 5.74) is 0. The van der Waals surface area contributed by atoms with Crippen molar-refractivity contribution in [1.29, 1.82) is 0 Å². The number of ether oxygens (including phenoxy) is 2. The normalized spacial score (nSPS) is 21.9. The molecule has 0 spiro atoms. The lowest BCUT2D eigenvalue weighted by molar-refractivity contribution is -0.451. The molecule has 1 rings (SSSR count). The van der Waals surface area contributed by atoms with Crippen LogP contribution in [0.4, 0.5) is 0 Å². The van der Waals surface area contributed by atoms with Gasteiger partial charge >= 0.3 is 6.16 Å². The van der Waals surface area contributed by atoms with Crippen LogP contribution < -0.4 is 10.6 Å². The first-order chi connectivity index (χ1) is 7.97. The molecule has 0 bridgehead atoms. The zero-order chi connectivity index (χ0) is 12.7. The quantitative estimate of drug-likeness (QED) is 0.329. The summed E-state index contributed by atoms with van der Waals surface area (Å²) in [5, 5.41) is 30.9. The van der Waals surface area contributed by atoms with E-state index in [9.17, 15) is 4.79 Å². The molecule has 17 heavy (non-hydrogen) atoms. The number of carbonyl (C=O) groups is 1. The summed E-state index contributed by atoms with van der Waals surface area (Å²) in [7, 11) is 0. The van der Waals surface area contributed by atoms with Crippen molar-refractivity contribution >= 4 is 5.91 Å². The fourth-order valence-corrected chi connectivity index (χ4v) is 1.36. The number of carbonyl (C=O) groups excluding carboxylic acids is 1. The van der Waals surface area contributed by atoms with E-state index in [1.165, 1.54) is 0 Å². The van der Waals surface area contributed by atoms with E-state index >= 15 is 0 Å². The summed E-state index contributed by atoms with van der Waals surface area (Å²) in [6.07, 6.45) is -3.27. The smallest absolute Gasteiger partial charge is 0.380 e. The van der Waals surface area contributed by atoms with E-state index in [1.807, 2.05) is 0 Å². The molecule has 0 radical (unpaired) electrons. The van der Waals surface area contributed by atoms with E-state index in [4.69, 9.17) is 20.1 Å². The lowest BCUT2D eigenvalue weighted by atomic mass is 10.1. The van der Waals surface area contributed by atoms with Crippen LogP contribution in [0.1, 0.15) is 0 Å². The summed E-state index contributed by atoms with van der Waals surface area (Å²) in [5.74, 6) is -0.389. The van der Waals surface area contributed by atoms with E-state index < -0.39 is 18.7 Å². The second-order valence-electron chi connectivity index (χ2n) is 3.81. The second kappa shape index (κ2) is 6.84. The zero-order valence-electron chi connectivity index (χ0n) is 9.39. The third-order valence-electron chi connectivity index (χ3n) is 2.19. The molecule has 0 saturated carbocycles. The Morgan fingerprint density at radius 1 is 1.53 bits per heavy atom. The summed E-state index contributed by atoms with van der Waals surface area (Å²) in [6, 6.07) is 0. The Morgan fingerprint density at radius 3 is 3.00 bits per heavy atom. The van der Waals surface area contributed by atoms with Crippen molar-refractivity contribution in [2.45, 2.75) is 6.16 Å². The summed E-state index contributed by atoms with van der Waals surface area (Å²) >= 11 is 0. The number of nitrogens with one attached hydrogen (secondary N) is 2. The van der Waals surface area contributed by atoms with Gasteiger partial charge in [-0.05, 0) is 0 Å². The van der Waals surface area contributed by atoms with Gasteiger partial charge < -0.3 is 30.7 Å². The minimum Gasteiger partial charge on any atom is -0.380 e. The van der Waals surface area contributed by atoms with Crippen LogP contribution in [-0.4, -0.2) is 66.8 Å². The van der Waals surface area contributed by atoms with Gasteiger partial charge in [-0.25, -0.2) is 0 Å². The molecular formula is C9H18N2O6. The van der Waals surface area contributed by atoms with Crippen LogP contribution >= 0.6 is 0 Å². The van der Waals surface area contributed by atoms with Crippen LogP contribution in [0.2, 0.25) is 0 Å². The molecule has 1 atom stereocenters. The van der Waals surface area contributed by atoms with Crippen molar-refractivity contribution in [2.75, 3.05) is 39.5 Å². The Morgan fingerprint density at radius 2 is 2.29 bits per heavy atom. The summed E-state index contributed by atoms with van der Waals surface area (Å²) in [6.45, 7) is 2.49. The van der Waals surface area contributed by atoms with Gasteiger partial charge in [0.2, 0.25) is 5.91 Å². The molecule has 8 heteroatoms. The van der Waals surface area contributed by atoms with Gasteiger partial charge in [0.05, 0.1) is 13.2 Å². The molecule has 1 unspecified atom stereocenters. The third kappa shape index (κ3) is 7.21. The van der Waals surface area contributed by atoms with Crippen LogP contribution in [0, 0.1) is 5.92 Å². The van der Waals surface area contributed by atoms with Gasteiger partial charge in [0.15, 0.2) is 0 Å². The lowest BCUT2D eigenvalue weighted by Gasteiger charge is -2.16. The number of amides is 1. The first-order valence-corrected chi connectivity index (χ1v) is 5.33. The van der Waals surface area contributed by atoms with Crippen molar-refractivity contribution < 1.29 is 29.6 Å². The number of rotatable bonds is 5. The monoisotopic (exact) mass is 250 g/mol. The van der Waals surface area contributed by atoms with Crippen LogP contribution in [0.5, 0.6) is 0 Å². The minimum absolute atomic E-state index is 0.156. The molecule has 8 nitrogen and oxygen atoms in total. The van der Waals surface area contributed by atoms with E-state index in [0.29, 0.717) is 19.8 Å². The van der Waals surface area contributed by atoms with E-state index in [-0.39, 0.29) is 5.92 Å². The standard InChI is InChI=1S/C9H18N2O6/c12-8(6-17-9(13,14)15)11-4-7-3-10-1-2-16-5-7/h7,10,13-15H,1-6H2,(H,11,12). The van der Waals surface area contributed by atoms with E-state index in [0.717, 1.165) is 13.1 Å². The Labute approximate surface area is 98.5 Å². The Balaban J connectivity index is 2.14. The molecule has 100 valence electrons. The highest BCUT2D eigenvalue weighted by Crippen LogP contribution is 1.98. The third-order valence-corrected chi connectivity index (χ3v) is 2.19. The minimum atomic E-state index is -3.27. The fraction of sp³-hybridized carbons (Fsp3) is 0.889. The summed E-state index contributed by atoms with van der Waals surface area (Å²) < 4.78 is 9.35. The van der Waals surface area contributed by atoms with Crippen LogP contribution in [-0.2, 0) is 14.3 Å². The molecule has 0 aromatic rings.